The predicted molar refractivity (Wildman–Crippen MR) is 82.6 cm³/mol. The number of benzene rings is 2. The van der Waals surface area contributed by atoms with E-state index in [4.69, 9.17) is 11.6 Å². The Hall–Kier alpha value is -1.10. The van der Waals surface area contributed by atoms with Crippen molar-refractivity contribution in [2.24, 2.45) is 0 Å². The average Bonchev–Trinajstić information content (AvgIpc) is 2.42. The van der Waals surface area contributed by atoms with E-state index in [1.54, 1.807) is 24.3 Å². The van der Waals surface area contributed by atoms with Gasteiger partial charge < -0.3 is 10.4 Å². The number of hydrogen-bond acceptors (Lipinski definition) is 2. The molecule has 2 aromatic carbocycles. The Morgan fingerprint density at radius 3 is 2.60 bits per heavy atom. The zero-order chi connectivity index (χ0) is 14.5. The number of phenolic OH excluding ortho intramolecular Hbond substituents is 1. The van der Waals surface area contributed by atoms with Crippen LogP contribution in [0.1, 0.15) is 11.1 Å². The standard InChI is InChI=1S/C15H14BrClFNO/c16-14-8-12(17)7-11(15(14)20)9-19-6-5-10-1-3-13(18)4-2-10/h1-4,7-8,19-20H,5-6,9H2. The molecule has 20 heavy (non-hydrogen) atoms. The smallest absolute Gasteiger partial charge is 0.134 e. The molecule has 0 saturated heterocycles. The molecular formula is C15H14BrClFNO. The van der Waals surface area contributed by atoms with Gasteiger partial charge in [0.05, 0.1) is 4.47 Å². The molecule has 0 atom stereocenters. The maximum absolute atomic E-state index is 12.8. The second-order valence-electron chi connectivity index (χ2n) is 4.45. The van der Waals surface area contributed by atoms with Crippen LogP contribution in [0.4, 0.5) is 4.39 Å². The van der Waals surface area contributed by atoms with E-state index in [-0.39, 0.29) is 11.6 Å². The maximum Gasteiger partial charge on any atom is 0.134 e. The molecule has 0 aliphatic rings. The van der Waals surface area contributed by atoms with Crippen molar-refractivity contribution in [1.82, 2.24) is 5.32 Å². The minimum absolute atomic E-state index is 0.198. The Labute approximate surface area is 130 Å². The highest BCUT2D eigenvalue weighted by Crippen LogP contribution is 2.31. The molecule has 0 fully saturated rings. The molecular weight excluding hydrogens is 345 g/mol. The average molecular weight is 359 g/mol. The summed E-state index contributed by atoms with van der Waals surface area (Å²) < 4.78 is 13.3. The Balaban J connectivity index is 1.86. The van der Waals surface area contributed by atoms with Crippen LogP contribution in [0.15, 0.2) is 40.9 Å². The highest BCUT2D eigenvalue weighted by molar-refractivity contribution is 9.10. The summed E-state index contributed by atoms with van der Waals surface area (Å²) in [5.41, 5.74) is 1.80. The largest absolute Gasteiger partial charge is 0.506 e. The Morgan fingerprint density at radius 1 is 1.20 bits per heavy atom. The zero-order valence-electron chi connectivity index (χ0n) is 10.7. The molecule has 2 N–H and O–H groups in total. The van der Waals surface area contributed by atoms with Gasteiger partial charge in [0.2, 0.25) is 0 Å². The first kappa shape index (κ1) is 15.3. The minimum atomic E-state index is -0.226. The van der Waals surface area contributed by atoms with Gasteiger partial charge in [-0.05, 0) is 58.7 Å². The zero-order valence-corrected chi connectivity index (χ0v) is 13.0. The molecule has 0 bridgehead atoms. The topological polar surface area (TPSA) is 32.3 Å². The number of phenols is 1. The van der Waals surface area contributed by atoms with Crippen molar-refractivity contribution in [3.05, 3.63) is 62.8 Å². The Bertz CT molecular complexity index is 589. The lowest BCUT2D eigenvalue weighted by atomic mass is 10.1. The normalized spacial score (nSPS) is 10.8. The molecule has 0 amide bonds. The van der Waals surface area contributed by atoms with E-state index < -0.39 is 0 Å². The third-order valence-corrected chi connectivity index (χ3v) is 3.75. The van der Waals surface area contributed by atoms with Crippen molar-refractivity contribution in [2.45, 2.75) is 13.0 Å². The van der Waals surface area contributed by atoms with E-state index in [1.165, 1.54) is 12.1 Å². The highest BCUT2D eigenvalue weighted by atomic mass is 79.9. The first-order valence-corrected chi connectivity index (χ1v) is 7.35. The van der Waals surface area contributed by atoms with Crippen LogP contribution in [0, 0.1) is 5.82 Å². The highest BCUT2D eigenvalue weighted by Gasteiger charge is 2.07. The summed E-state index contributed by atoms with van der Waals surface area (Å²) in [7, 11) is 0. The third kappa shape index (κ3) is 4.20. The van der Waals surface area contributed by atoms with Crippen LogP contribution in [-0.4, -0.2) is 11.7 Å². The molecule has 0 spiro atoms. The number of aromatic hydroxyl groups is 1. The molecule has 0 saturated carbocycles. The first-order chi connectivity index (χ1) is 9.56. The number of nitrogens with one attached hydrogen (secondary N) is 1. The molecule has 0 heterocycles. The molecule has 0 unspecified atom stereocenters. The second kappa shape index (κ2) is 7.07. The summed E-state index contributed by atoms with van der Waals surface area (Å²) in [4.78, 5) is 0. The minimum Gasteiger partial charge on any atom is -0.506 e. The molecule has 2 nitrogen and oxygen atoms in total. The van der Waals surface area contributed by atoms with Gasteiger partial charge in [-0.25, -0.2) is 4.39 Å². The van der Waals surface area contributed by atoms with Crippen molar-refractivity contribution in [3.63, 3.8) is 0 Å². The van der Waals surface area contributed by atoms with Gasteiger partial charge in [0.1, 0.15) is 11.6 Å². The summed E-state index contributed by atoms with van der Waals surface area (Å²) in [6, 6.07) is 9.82. The van der Waals surface area contributed by atoms with Gasteiger partial charge in [-0.1, -0.05) is 23.7 Å². The predicted octanol–water partition coefficient (Wildman–Crippen LogP) is 4.28. The lowest BCUT2D eigenvalue weighted by Crippen LogP contribution is -2.16. The van der Waals surface area contributed by atoms with Crippen molar-refractivity contribution in [1.29, 1.82) is 0 Å². The molecule has 2 rings (SSSR count). The van der Waals surface area contributed by atoms with Gasteiger partial charge in [-0.3, -0.25) is 0 Å². The Kier molecular flexibility index (Phi) is 5.40. The van der Waals surface area contributed by atoms with Gasteiger partial charge in [-0.2, -0.15) is 0 Å². The van der Waals surface area contributed by atoms with Gasteiger partial charge in [0.15, 0.2) is 0 Å². The summed E-state index contributed by atoms with van der Waals surface area (Å²) in [6.07, 6.45) is 0.794. The molecule has 0 aliphatic heterocycles. The molecule has 5 heteroatoms. The molecule has 106 valence electrons. The van der Waals surface area contributed by atoms with Crippen LogP contribution in [0.3, 0.4) is 0 Å². The van der Waals surface area contributed by atoms with E-state index in [0.717, 1.165) is 24.1 Å². The van der Waals surface area contributed by atoms with Gasteiger partial charge in [0, 0.05) is 17.1 Å². The number of hydrogen-bond donors (Lipinski definition) is 2. The fraction of sp³-hybridized carbons (Fsp3) is 0.200. The first-order valence-electron chi connectivity index (χ1n) is 6.18. The van der Waals surface area contributed by atoms with E-state index in [2.05, 4.69) is 21.2 Å². The fourth-order valence-corrected chi connectivity index (χ4v) is 2.73. The Morgan fingerprint density at radius 2 is 1.90 bits per heavy atom. The molecule has 0 aliphatic carbocycles. The lowest BCUT2D eigenvalue weighted by molar-refractivity contribution is 0.461. The number of halogens is 3. The van der Waals surface area contributed by atoms with Crippen LogP contribution in [-0.2, 0) is 13.0 Å². The van der Waals surface area contributed by atoms with Gasteiger partial charge >= 0.3 is 0 Å². The van der Waals surface area contributed by atoms with Crippen LogP contribution in [0.2, 0.25) is 5.02 Å². The SMILES string of the molecule is Oc1c(Br)cc(Cl)cc1CNCCc1ccc(F)cc1. The summed E-state index contributed by atoms with van der Waals surface area (Å²) >= 11 is 9.19. The summed E-state index contributed by atoms with van der Waals surface area (Å²) in [6.45, 7) is 1.25. The maximum atomic E-state index is 12.8. The molecule has 2 aromatic rings. The van der Waals surface area contributed by atoms with E-state index in [1.807, 2.05) is 0 Å². The number of rotatable bonds is 5. The van der Waals surface area contributed by atoms with Crippen LogP contribution in [0.5, 0.6) is 5.75 Å². The molecule has 0 radical (unpaired) electrons. The van der Waals surface area contributed by atoms with E-state index in [0.29, 0.717) is 16.0 Å². The monoisotopic (exact) mass is 357 g/mol. The quantitative estimate of drug-likeness (QED) is 0.782. The second-order valence-corrected chi connectivity index (χ2v) is 5.74. The summed E-state index contributed by atoms with van der Waals surface area (Å²) in [5.74, 6) is -0.0286. The fourth-order valence-electron chi connectivity index (χ4n) is 1.86. The van der Waals surface area contributed by atoms with E-state index >= 15 is 0 Å². The molecule has 0 aromatic heterocycles. The van der Waals surface area contributed by atoms with Gasteiger partial charge in [0.25, 0.3) is 0 Å². The van der Waals surface area contributed by atoms with Crippen LogP contribution in [0.25, 0.3) is 0 Å². The van der Waals surface area contributed by atoms with Gasteiger partial charge in [-0.15, -0.1) is 0 Å². The van der Waals surface area contributed by atoms with Crippen molar-refractivity contribution < 1.29 is 9.50 Å². The lowest BCUT2D eigenvalue weighted by Gasteiger charge is -2.09. The summed E-state index contributed by atoms with van der Waals surface area (Å²) in [5, 5.41) is 13.7. The van der Waals surface area contributed by atoms with Crippen LogP contribution >= 0.6 is 27.5 Å². The third-order valence-electron chi connectivity index (χ3n) is 2.93. The van der Waals surface area contributed by atoms with E-state index in [9.17, 15) is 9.50 Å². The van der Waals surface area contributed by atoms with Crippen molar-refractivity contribution in [3.8, 4) is 5.75 Å². The van der Waals surface area contributed by atoms with Crippen LogP contribution < -0.4 is 5.32 Å². The van der Waals surface area contributed by atoms with Crippen molar-refractivity contribution in [2.75, 3.05) is 6.54 Å². The van der Waals surface area contributed by atoms with Crippen molar-refractivity contribution >= 4 is 27.5 Å².